The highest BCUT2D eigenvalue weighted by Crippen LogP contribution is 2.31. The molecule has 5 nitrogen and oxygen atoms in total. The minimum absolute atomic E-state index is 0.0932. The van der Waals surface area contributed by atoms with Gasteiger partial charge in [0.25, 0.3) is 5.91 Å². The Morgan fingerprint density at radius 3 is 2.33 bits per heavy atom. The normalized spacial score (nSPS) is 10.2. The van der Waals surface area contributed by atoms with E-state index < -0.39 is 5.97 Å². The van der Waals surface area contributed by atoms with Gasteiger partial charge in [-0.05, 0) is 26.3 Å². The number of thiophene rings is 1. The third-order valence-electron chi connectivity index (χ3n) is 2.81. The fourth-order valence-electron chi connectivity index (χ4n) is 1.75. The number of hydrogen-bond acceptors (Lipinski definition) is 5. The van der Waals surface area contributed by atoms with E-state index >= 15 is 0 Å². The fourth-order valence-corrected chi connectivity index (χ4v) is 2.78. The van der Waals surface area contributed by atoms with Crippen molar-refractivity contribution >= 4 is 28.2 Å². The van der Waals surface area contributed by atoms with Crippen LogP contribution in [-0.2, 0) is 4.74 Å². The Balaban J connectivity index is 3.20. The van der Waals surface area contributed by atoms with Crippen LogP contribution in [0.25, 0.3) is 0 Å². The van der Waals surface area contributed by atoms with E-state index in [4.69, 9.17) is 5.73 Å². The van der Waals surface area contributed by atoms with Crippen LogP contribution < -0.4 is 5.73 Å². The number of nitrogen functional groups attached to an aromatic ring is 1. The zero-order valence-corrected chi connectivity index (χ0v) is 11.9. The molecule has 0 fully saturated rings. The molecule has 6 heteroatoms. The van der Waals surface area contributed by atoms with E-state index in [0.717, 1.165) is 11.3 Å². The molecule has 0 radical (unpaired) electrons. The Bertz CT molecular complexity index is 464. The number of rotatable bonds is 4. The summed E-state index contributed by atoms with van der Waals surface area (Å²) in [4.78, 5) is 26.0. The van der Waals surface area contributed by atoms with Crippen LogP contribution in [0.15, 0.2) is 0 Å². The lowest BCUT2D eigenvalue weighted by atomic mass is 10.1. The summed E-state index contributed by atoms with van der Waals surface area (Å²) in [7, 11) is 1.30. The summed E-state index contributed by atoms with van der Waals surface area (Å²) in [6, 6.07) is 0. The molecule has 0 aliphatic heterocycles. The van der Waals surface area contributed by atoms with Crippen LogP contribution in [0.2, 0.25) is 0 Å². The number of carbonyl (C=O) groups excluding carboxylic acids is 2. The monoisotopic (exact) mass is 270 g/mol. The van der Waals surface area contributed by atoms with Gasteiger partial charge >= 0.3 is 5.97 Å². The number of ether oxygens (including phenoxy) is 1. The number of anilines is 1. The lowest BCUT2D eigenvalue weighted by Crippen LogP contribution is -2.30. The first kappa shape index (κ1) is 14.5. The second-order valence-corrected chi connectivity index (χ2v) is 4.82. The summed E-state index contributed by atoms with van der Waals surface area (Å²) in [6.07, 6.45) is 0. The van der Waals surface area contributed by atoms with Crippen LogP contribution in [-0.4, -0.2) is 37.0 Å². The number of nitrogens with zero attached hydrogens (tertiary/aromatic N) is 1. The van der Waals surface area contributed by atoms with Gasteiger partial charge in [0.2, 0.25) is 0 Å². The molecule has 0 bridgehead atoms. The Morgan fingerprint density at radius 2 is 1.89 bits per heavy atom. The third kappa shape index (κ3) is 2.48. The molecule has 0 aromatic carbocycles. The summed E-state index contributed by atoms with van der Waals surface area (Å²) < 4.78 is 4.67. The third-order valence-corrected chi connectivity index (χ3v) is 3.92. The van der Waals surface area contributed by atoms with Crippen LogP contribution in [0.5, 0.6) is 0 Å². The van der Waals surface area contributed by atoms with E-state index in [1.807, 2.05) is 13.8 Å². The van der Waals surface area contributed by atoms with Gasteiger partial charge < -0.3 is 15.4 Å². The second kappa shape index (κ2) is 5.86. The molecule has 0 aliphatic rings. The topological polar surface area (TPSA) is 72.6 Å². The maximum Gasteiger partial charge on any atom is 0.341 e. The summed E-state index contributed by atoms with van der Waals surface area (Å²) >= 11 is 1.14. The van der Waals surface area contributed by atoms with Crippen molar-refractivity contribution in [2.45, 2.75) is 20.8 Å². The van der Waals surface area contributed by atoms with Crippen LogP contribution in [0.1, 0.15) is 39.4 Å². The highest BCUT2D eigenvalue weighted by molar-refractivity contribution is 7.18. The fraction of sp³-hybridized carbons (Fsp3) is 0.500. The molecule has 1 amide bonds. The van der Waals surface area contributed by atoms with Crippen molar-refractivity contribution < 1.29 is 14.3 Å². The predicted octanol–water partition coefficient (Wildman–Crippen LogP) is 1.91. The average Bonchev–Trinajstić information content (AvgIpc) is 2.65. The standard InChI is InChI=1S/C12H18N2O3S/c1-5-14(6-2)11(15)9-7(3)8(10(13)18-9)12(16)17-4/h5-6,13H2,1-4H3. The van der Waals surface area contributed by atoms with Crippen molar-refractivity contribution in [2.75, 3.05) is 25.9 Å². The number of esters is 1. The van der Waals surface area contributed by atoms with Crippen molar-refractivity contribution in [1.29, 1.82) is 0 Å². The first-order valence-electron chi connectivity index (χ1n) is 5.74. The SMILES string of the molecule is CCN(CC)C(=O)c1sc(N)c(C(=O)OC)c1C. The van der Waals surface area contributed by atoms with Crippen LogP contribution in [0.4, 0.5) is 5.00 Å². The Labute approximate surface area is 111 Å². The molecule has 1 heterocycles. The molecule has 18 heavy (non-hydrogen) atoms. The Kier molecular flexibility index (Phi) is 4.72. The van der Waals surface area contributed by atoms with Gasteiger partial charge in [-0.1, -0.05) is 0 Å². The van der Waals surface area contributed by atoms with Gasteiger partial charge in [-0.25, -0.2) is 4.79 Å². The molecular formula is C12H18N2O3S. The smallest absolute Gasteiger partial charge is 0.341 e. The zero-order chi connectivity index (χ0) is 13.9. The van der Waals surface area contributed by atoms with Gasteiger partial charge in [-0.3, -0.25) is 4.79 Å². The molecule has 100 valence electrons. The molecule has 1 rings (SSSR count). The van der Waals surface area contributed by atoms with Crippen LogP contribution in [0, 0.1) is 6.92 Å². The summed E-state index contributed by atoms with van der Waals surface area (Å²) in [5.74, 6) is -0.593. The minimum Gasteiger partial charge on any atom is -0.465 e. The van der Waals surface area contributed by atoms with Gasteiger partial charge in [-0.15, -0.1) is 11.3 Å². The molecule has 1 aromatic rings. The van der Waals surface area contributed by atoms with E-state index in [1.54, 1.807) is 11.8 Å². The quantitative estimate of drug-likeness (QED) is 0.848. The molecule has 0 unspecified atom stereocenters. The molecule has 0 atom stereocenters. The highest BCUT2D eigenvalue weighted by atomic mass is 32.1. The maximum atomic E-state index is 12.2. The molecule has 0 saturated carbocycles. The Hall–Kier alpha value is -1.56. The van der Waals surface area contributed by atoms with Crippen LogP contribution >= 0.6 is 11.3 Å². The molecule has 1 aromatic heterocycles. The molecular weight excluding hydrogens is 252 g/mol. The van der Waals surface area contributed by atoms with Crippen molar-refractivity contribution in [3.8, 4) is 0 Å². The number of nitrogens with two attached hydrogens (primary N) is 1. The first-order valence-corrected chi connectivity index (χ1v) is 6.55. The van der Waals surface area contributed by atoms with Crippen molar-refractivity contribution in [2.24, 2.45) is 0 Å². The van der Waals surface area contributed by atoms with Gasteiger partial charge in [-0.2, -0.15) is 0 Å². The molecule has 0 aliphatic carbocycles. The minimum atomic E-state index is -0.500. The van der Waals surface area contributed by atoms with E-state index in [-0.39, 0.29) is 5.91 Å². The van der Waals surface area contributed by atoms with Crippen LogP contribution in [0.3, 0.4) is 0 Å². The van der Waals surface area contributed by atoms with Gasteiger partial charge in [0, 0.05) is 13.1 Å². The van der Waals surface area contributed by atoms with E-state index in [0.29, 0.717) is 34.1 Å². The van der Waals surface area contributed by atoms with Crippen molar-refractivity contribution in [1.82, 2.24) is 4.90 Å². The van der Waals surface area contributed by atoms with Crippen molar-refractivity contribution in [3.63, 3.8) is 0 Å². The number of hydrogen-bond donors (Lipinski definition) is 1. The van der Waals surface area contributed by atoms with Gasteiger partial charge in [0.1, 0.15) is 5.00 Å². The van der Waals surface area contributed by atoms with E-state index in [9.17, 15) is 9.59 Å². The molecule has 0 saturated heterocycles. The lowest BCUT2D eigenvalue weighted by Gasteiger charge is -2.17. The summed E-state index contributed by atoms with van der Waals surface area (Å²) in [5, 5.41) is 0.329. The molecule has 2 N–H and O–H groups in total. The van der Waals surface area contributed by atoms with E-state index in [1.165, 1.54) is 7.11 Å². The second-order valence-electron chi connectivity index (χ2n) is 3.76. The summed E-state index contributed by atoms with van der Waals surface area (Å²) in [6.45, 7) is 6.79. The summed E-state index contributed by atoms with van der Waals surface area (Å²) in [5.41, 5.74) is 6.69. The maximum absolute atomic E-state index is 12.2. The largest absolute Gasteiger partial charge is 0.465 e. The lowest BCUT2D eigenvalue weighted by molar-refractivity contribution is 0.0601. The zero-order valence-electron chi connectivity index (χ0n) is 11.1. The average molecular weight is 270 g/mol. The number of methoxy groups -OCH3 is 1. The highest BCUT2D eigenvalue weighted by Gasteiger charge is 2.25. The van der Waals surface area contributed by atoms with Crippen molar-refractivity contribution in [3.05, 3.63) is 16.0 Å². The van der Waals surface area contributed by atoms with E-state index in [2.05, 4.69) is 4.74 Å². The Morgan fingerprint density at radius 1 is 1.33 bits per heavy atom. The van der Waals surface area contributed by atoms with Gasteiger partial charge in [0.15, 0.2) is 0 Å². The number of carbonyl (C=O) groups is 2. The first-order chi connectivity index (χ1) is 8.47. The number of amides is 1. The molecule has 0 spiro atoms. The van der Waals surface area contributed by atoms with Gasteiger partial charge in [0.05, 0.1) is 17.6 Å². The predicted molar refractivity (Wildman–Crippen MR) is 72.1 cm³/mol.